The van der Waals surface area contributed by atoms with Crippen molar-refractivity contribution in [2.45, 2.75) is 95.8 Å². The Bertz CT molecular complexity index is 508. The third kappa shape index (κ3) is 5.52. The molecule has 2 rings (SSSR count). The van der Waals surface area contributed by atoms with E-state index in [1.54, 1.807) is 6.20 Å². The van der Waals surface area contributed by atoms with Crippen molar-refractivity contribution in [2.24, 2.45) is 0 Å². The number of piperidine rings is 1. The molecule has 0 bridgehead atoms. The maximum absolute atomic E-state index is 12.3. The number of amides is 1. The van der Waals surface area contributed by atoms with Gasteiger partial charge < -0.3 is 16.0 Å². The van der Waals surface area contributed by atoms with E-state index < -0.39 is 0 Å². The van der Waals surface area contributed by atoms with Gasteiger partial charge in [-0.2, -0.15) is 5.26 Å². The van der Waals surface area contributed by atoms with Crippen LogP contribution in [0, 0.1) is 11.3 Å². The Morgan fingerprint density at radius 1 is 1.08 bits per heavy atom. The van der Waals surface area contributed by atoms with E-state index in [1.165, 1.54) is 6.42 Å². The Kier molecular flexibility index (Phi) is 5.92. The highest BCUT2D eigenvalue weighted by molar-refractivity contribution is 5.97. The molecule has 1 saturated carbocycles. The van der Waals surface area contributed by atoms with Crippen LogP contribution >= 0.6 is 0 Å². The third-order valence-corrected chi connectivity index (χ3v) is 4.96. The molecule has 5 nitrogen and oxygen atoms in total. The van der Waals surface area contributed by atoms with Crippen LogP contribution in [0.15, 0.2) is 11.8 Å². The normalized spacial score (nSPS) is 24.9. The first-order chi connectivity index (χ1) is 11.2. The third-order valence-electron chi connectivity index (χ3n) is 4.96. The Hall–Kier alpha value is -1.54. The number of nitrogens with zero attached hydrogens (tertiary/aromatic N) is 1. The Labute approximate surface area is 146 Å². The second-order valence-corrected chi connectivity index (χ2v) is 8.64. The van der Waals surface area contributed by atoms with Crippen LogP contribution in [0.3, 0.4) is 0 Å². The van der Waals surface area contributed by atoms with Crippen molar-refractivity contribution in [1.82, 2.24) is 16.0 Å². The smallest absolute Gasteiger partial charge is 0.263 e. The fraction of sp³-hybridized carbons (Fsp3) is 0.789. The number of nitrogens with one attached hydrogen (secondary N) is 3. The summed E-state index contributed by atoms with van der Waals surface area (Å²) in [5, 5.41) is 19.3. The van der Waals surface area contributed by atoms with Crippen LogP contribution in [0.2, 0.25) is 0 Å². The van der Waals surface area contributed by atoms with E-state index in [4.69, 9.17) is 0 Å². The average molecular weight is 332 g/mol. The molecular weight excluding hydrogens is 300 g/mol. The van der Waals surface area contributed by atoms with Crippen LogP contribution in [-0.2, 0) is 4.79 Å². The molecule has 24 heavy (non-hydrogen) atoms. The first-order valence-corrected chi connectivity index (χ1v) is 9.17. The van der Waals surface area contributed by atoms with Crippen LogP contribution < -0.4 is 16.0 Å². The number of nitriles is 1. The molecule has 1 saturated heterocycles. The highest BCUT2D eigenvalue weighted by atomic mass is 16.1. The standard InChI is InChI=1S/C19H32N4O/c1-18(2)10-16(11-19(3,4)23-18)21-13-14(12-20)17(24)22-15-8-6-5-7-9-15/h13,15-16,21,23H,5-11H2,1-4H3,(H,22,24)/b14-13-. The molecule has 0 aromatic carbocycles. The number of carbonyl (C=O) groups excluding carboxylic acids is 1. The van der Waals surface area contributed by atoms with Crippen LogP contribution in [0.1, 0.15) is 72.6 Å². The summed E-state index contributed by atoms with van der Waals surface area (Å²) >= 11 is 0. The summed E-state index contributed by atoms with van der Waals surface area (Å²) in [5.41, 5.74) is 0.240. The van der Waals surface area contributed by atoms with Crippen molar-refractivity contribution >= 4 is 5.91 Å². The molecule has 3 N–H and O–H groups in total. The molecule has 1 aliphatic heterocycles. The van der Waals surface area contributed by atoms with Crippen LogP contribution in [-0.4, -0.2) is 29.1 Å². The molecule has 1 heterocycles. The second kappa shape index (κ2) is 7.57. The molecule has 0 aromatic heterocycles. The van der Waals surface area contributed by atoms with Crippen molar-refractivity contribution in [3.8, 4) is 6.07 Å². The predicted octanol–water partition coefficient (Wildman–Crippen LogP) is 2.74. The number of rotatable bonds is 4. The lowest BCUT2D eigenvalue weighted by Crippen LogP contribution is -2.61. The zero-order chi connectivity index (χ0) is 17.8. The van der Waals surface area contributed by atoms with Crippen molar-refractivity contribution < 1.29 is 4.79 Å². The first kappa shape index (κ1) is 18.8. The molecule has 1 aliphatic carbocycles. The fourth-order valence-electron chi connectivity index (χ4n) is 4.30. The number of carbonyl (C=O) groups is 1. The lowest BCUT2D eigenvalue weighted by atomic mass is 9.79. The largest absolute Gasteiger partial charge is 0.387 e. The molecule has 5 heteroatoms. The summed E-state index contributed by atoms with van der Waals surface area (Å²) in [6, 6.07) is 2.52. The van der Waals surface area contributed by atoms with Crippen LogP contribution in [0.4, 0.5) is 0 Å². The molecule has 134 valence electrons. The van der Waals surface area contributed by atoms with E-state index >= 15 is 0 Å². The summed E-state index contributed by atoms with van der Waals surface area (Å²) in [7, 11) is 0. The van der Waals surface area contributed by atoms with Gasteiger partial charge in [0, 0.05) is 29.4 Å². The van der Waals surface area contributed by atoms with Crippen molar-refractivity contribution in [2.75, 3.05) is 0 Å². The molecule has 0 radical (unpaired) electrons. The van der Waals surface area contributed by atoms with Crippen molar-refractivity contribution in [3.05, 3.63) is 11.8 Å². The van der Waals surface area contributed by atoms with Crippen LogP contribution in [0.5, 0.6) is 0 Å². The topological polar surface area (TPSA) is 77.0 Å². The molecule has 0 spiro atoms. The van der Waals surface area contributed by atoms with Gasteiger partial charge in [-0.05, 0) is 53.4 Å². The van der Waals surface area contributed by atoms with Gasteiger partial charge >= 0.3 is 0 Å². The second-order valence-electron chi connectivity index (χ2n) is 8.64. The lowest BCUT2D eigenvalue weighted by Gasteiger charge is -2.46. The molecule has 0 unspecified atom stereocenters. The summed E-state index contributed by atoms with van der Waals surface area (Å²) in [6.45, 7) is 8.75. The minimum atomic E-state index is -0.246. The van der Waals surface area contributed by atoms with Gasteiger partial charge in [-0.1, -0.05) is 19.3 Å². The Morgan fingerprint density at radius 3 is 2.21 bits per heavy atom. The summed E-state index contributed by atoms with van der Waals surface area (Å²) in [6.07, 6.45) is 9.13. The zero-order valence-electron chi connectivity index (χ0n) is 15.5. The highest BCUT2D eigenvalue weighted by Gasteiger charge is 2.37. The van der Waals surface area contributed by atoms with Gasteiger partial charge in [0.25, 0.3) is 5.91 Å². The minimum Gasteiger partial charge on any atom is -0.387 e. The molecule has 1 amide bonds. The van der Waals surface area contributed by atoms with Crippen molar-refractivity contribution in [3.63, 3.8) is 0 Å². The Morgan fingerprint density at radius 2 is 1.67 bits per heavy atom. The monoisotopic (exact) mass is 332 g/mol. The zero-order valence-corrected chi connectivity index (χ0v) is 15.5. The molecule has 2 aliphatic rings. The number of hydrogen-bond acceptors (Lipinski definition) is 4. The average Bonchev–Trinajstić information content (AvgIpc) is 2.45. The SMILES string of the molecule is CC1(C)CC(N/C=C(/C#N)C(=O)NC2CCCCC2)CC(C)(C)N1. The van der Waals surface area contributed by atoms with Gasteiger partial charge in [0.05, 0.1) is 0 Å². The maximum Gasteiger partial charge on any atom is 0.263 e. The molecular formula is C19H32N4O. The Balaban J connectivity index is 1.94. The van der Waals surface area contributed by atoms with Crippen LogP contribution in [0.25, 0.3) is 0 Å². The fourth-order valence-corrected chi connectivity index (χ4v) is 4.30. The van der Waals surface area contributed by atoms with Gasteiger partial charge in [-0.3, -0.25) is 4.79 Å². The quantitative estimate of drug-likeness (QED) is 0.546. The van der Waals surface area contributed by atoms with E-state index in [-0.39, 0.29) is 34.6 Å². The van der Waals surface area contributed by atoms with Gasteiger partial charge in [-0.25, -0.2) is 0 Å². The van der Waals surface area contributed by atoms with Crippen molar-refractivity contribution in [1.29, 1.82) is 5.26 Å². The molecule has 2 fully saturated rings. The molecule has 0 aromatic rings. The summed E-state index contributed by atoms with van der Waals surface area (Å²) < 4.78 is 0. The van der Waals surface area contributed by atoms with E-state index in [9.17, 15) is 10.1 Å². The highest BCUT2D eigenvalue weighted by Crippen LogP contribution is 2.28. The van der Waals surface area contributed by atoms with E-state index in [1.807, 2.05) is 6.07 Å². The first-order valence-electron chi connectivity index (χ1n) is 9.17. The van der Waals surface area contributed by atoms with Gasteiger partial charge in [0.1, 0.15) is 11.6 Å². The number of hydrogen-bond donors (Lipinski definition) is 3. The summed E-state index contributed by atoms with van der Waals surface area (Å²) in [4.78, 5) is 12.3. The summed E-state index contributed by atoms with van der Waals surface area (Å²) in [5.74, 6) is -0.246. The van der Waals surface area contributed by atoms with Gasteiger partial charge in [0.2, 0.25) is 0 Å². The van der Waals surface area contributed by atoms with Gasteiger partial charge in [-0.15, -0.1) is 0 Å². The van der Waals surface area contributed by atoms with E-state index in [0.717, 1.165) is 38.5 Å². The van der Waals surface area contributed by atoms with Gasteiger partial charge in [0.15, 0.2) is 0 Å². The van der Waals surface area contributed by atoms with E-state index in [0.29, 0.717) is 0 Å². The maximum atomic E-state index is 12.3. The predicted molar refractivity (Wildman–Crippen MR) is 96.2 cm³/mol. The minimum absolute atomic E-state index is 0.0322. The molecule has 0 atom stereocenters. The lowest BCUT2D eigenvalue weighted by molar-refractivity contribution is -0.118. The van der Waals surface area contributed by atoms with E-state index in [2.05, 4.69) is 43.6 Å².